The van der Waals surface area contributed by atoms with E-state index in [1.54, 1.807) is 0 Å². The Morgan fingerprint density at radius 1 is 1.08 bits per heavy atom. The van der Waals surface area contributed by atoms with Crippen molar-refractivity contribution in [3.05, 3.63) is 0 Å². The summed E-state index contributed by atoms with van der Waals surface area (Å²) in [6, 6.07) is -0.626. The summed E-state index contributed by atoms with van der Waals surface area (Å²) in [4.78, 5) is 33.8. The van der Waals surface area contributed by atoms with Crippen LogP contribution >= 0.6 is 0 Å². The number of ether oxygens (including phenoxy) is 1. The SMILES string of the molecule is NC(=O)C1C(OC(=O)CCC(O)C(O)CCC(=O)O)CCC(N)C1O. The fourth-order valence-corrected chi connectivity index (χ4v) is 2.83. The Balaban J connectivity index is 2.47. The van der Waals surface area contributed by atoms with Crippen LogP contribution in [0.25, 0.3) is 0 Å². The zero-order chi connectivity index (χ0) is 19.1. The molecule has 1 amide bonds. The third kappa shape index (κ3) is 6.58. The van der Waals surface area contributed by atoms with Crippen LogP contribution in [0.2, 0.25) is 0 Å². The topological polar surface area (TPSA) is 193 Å². The lowest BCUT2D eigenvalue weighted by Gasteiger charge is -2.36. The van der Waals surface area contributed by atoms with Crippen molar-refractivity contribution in [3.8, 4) is 0 Å². The average molecular weight is 362 g/mol. The molecule has 0 spiro atoms. The maximum absolute atomic E-state index is 11.9. The molecule has 0 aromatic carbocycles. The highest BCUT2D eigenvalue weighted by Gasteiger charge is 2.42. The number of carbonyl (C=O) groups is 3. The smallest absolute Gasteiger partial charge is 0.306 e. The second-order valence-corrected chi connectivity index (χ2v) is 6.29. The molecule has 0 aromatic rings. The van der Waals surface area contributed by atoms with E-state index in [-0.39, 0.29) is 32.1 Å². The highest BCUT2D eigenvalue weighted by Crippen LogP contribution is 2.27. The van der Waals surface area contributed by atoms with Gasteiger partial charge in [0.25, 0.3) is 0 Å². The van der Waals surface area contributed by atoms with Crippen molar-refractivity contribution >= 4 is 17.8 Å². The number of hydrogen-bond acceptors (Lipinski definition) is 8. The van der Waals surface area contributed by atoms with E-state index in [9.17, 15) is 29.7 Å². The van der Waals surface area contributed by atoms with Gasteiger partial charge in [-0.1, -0.05) is 0 Å². The van der Waals surface area contributed by atoms with E-state index in [1.807, 2.05) is 0 Å². The molecular weight excluding hydrogens is 336 g/mol. The van der Waals surface area contributed by atoms with Gasteiger partial charge in [0.1, 0.15) is 12.0 Å². The number of aliphatic hydroxyl groups is 3. The van der Waals surface area contributed by atoms with Crippen LogP contribution in [0, 0.1) is 5.92 Å². The molecule has 0 aromatic heterocycles. The average Bonchev–Trinajstić information content (AvgIpc) is 2.53. The minimum atomic E-state index is -1.27. The van der Waals surface area contributed by atoms with E-state index in [2.05, 4.69) is 0 Å². The minimum absolute atomic E-state index is 0.129. The Hall–Kier alpha value is -1.75. The number of rotatable bonds is 9. The maximum atomic E-state index is 11.9. The van der Waals surface area contributed by atoms with Crippen molar-refractivity contribution < 1.29 is 39.5 Å². The van der Waals surface area contributed by atoms with Crippen molar-refractivity contribution in [1.82, 2.24) is 0 Å². The van der Waals surface area contributed by atoms with Gasteiger partial charge in [-0.25, -0.2) is 0 Å². The number of amides is 1. The second-order valence-electron chi connectivity index (χ2n) is 6.29. The van der Waals surface area contributed by atoms with E-state index in [0.29, 0.717) is 6.42 Å². The number of carboxylic acid groups (broad SMARTS) is 1. The molecule has 10 nitrogen and oxygen atoms in total. The summed E-state index contributed by atoms with van der Waals surface area (Å²) >= 11 is 0. The fraction of sp³-hybridized carbons (Fsp3) is 0.800. The highest BCUT2D eigenvalue weighted by molar-refractivity contribution is 5.79. The van der Waals surface area contributed by atoms with E-state index >= 15 is 0 Å². The van der Waals surface area contributed by atoms with E-state index in [0.717, 1.165) is 0 Å². The van der Waals surface area contributed by atoms with Crippen molar-refractivity contribution in [2.45, 2.75) is 69.0 Å². The van der Waals surface area contributed by atoms with Gasteiger partial charge in [0.2, 0.25) is 5.91 Å². The van der Waals surface area contributed by atoms with Gasteiger partial charge in [0.15, 0.2) is 0 Å². The Bertz CT molecular complexity index is 486. The molecule has 0 aliphatic heterocycles. The summed E-state index contributed by atoms with van der Waals surface area (Å²) in [6.07, 6.45) is -4.81. The van der Waals surface area contributed by atoms with Gasteiger partial charge >= 0.3 is 11.9 Å². The number of nitrogens with two attached hydrogens (primary N) is 2. The van der Waals surface area contributed by atoms with Gasteiger partial charge in [0.05, 0.1) is 18.3 Å². The van der Waals surface area contributed by atoms with Crippen LogP contribution in [-0.4, -0.2) is 68.7 Å². The van der Waals surface area contributed by atoms with Crippen molar-refractivity contribution in [2.75, 3.05) is 0 Å². The third-order valence-corrected chi connectivity index (χ3v) is 4.35. The molecule has 144 valence electrons. The number of carbonyl (C=O) groups excluding carboxylic acids is 2. The molecule has 6 atom stereocenters. The van der Waals surface area contributed by atoms with Gasteiger partial charge in [-0.2, -0.15) is 0 Å². The lowest BCUT2D eigenvalue weighted by molar-refractivity contribution is -0.162. The summed E-state index contributed by atoms with van der Waals surface area (Å²) in [5.41, 5.74) is 10.9. The van der Waals surface area contributed by atoms with Gasteiger partial charge in [0, 0.05) is 18.9 Å². The van der Waals surface area contributed by atoms with Crippen LogP contribution < -0.4 is 11.5 Å². The van der Waals surface area contributed by atoms with Crippen LogP contribution in [0.15, 0.2) is 0 Å². The number of hydrogen-bond donors (Lipinski definition) is 6. The molecule has 1 saturated carbocycles. The first-order valence-electron chi connectivity index (χ1n) is 8.13. The first kappa shape index (κ1) is 21.3. The summed E-state index contributed by atoms with van der Waals surface area (Å²) < 4.78 is 5.17. The second kappa shape index (κ2) is 9.66. The van der Waals surface area contributed by atoms with Crippen molar-refractivity contribution in [3.63, 3.8) is 0 Å². The molecule has 1 rings (SSSR count). The Morgan fingerprint density at radius 2 is 1.64 bits per heavy atom. The monoisotopic (exact) mass is 362 g/mol. The summed E-state index contributed by atoms with van der Waals surface area (Å²) in [5, 5.41) is 37.8. The van der Waals surface area contributed by atoms with Crippen LogP contribution in [-0.2, 0) is 19.1 Å². The quantitative estimate of drug-likeness (QED) is 0.248. The van der Waals surface area contributed by atoms with Crippen molar-refractivity contribution in [2.24, 2.45) is 17.4 Å². The van der Waals surface area contributed by atoms with E-state index in [4.69, 9.17) is 21.3 Å². The fourth-order valence-electron chi connectivity index (χ4n) is 2.83. The molecule has 1 aliphatic rings. The summed E-state index contributed by atoms with van der Waals surface area (Å²) in [7, 11) is 0. The van der Waals surface area contributed by atoms with Gasteiger partial charge in [-0.15, -0.1) is 0 Å². The zero-order valence-corrected chi connectivity index (χ0v) is 13.8. The first-order chi connectivity index (χ1) is 11.6. The van der Waals surface area contributed by atoms with E-state index in [1.165, 1.54) is 0 Å². The number of aliphatic carboxylic acids is 1. The minimum Gasteiger partial charge on any atom is -0.481 e. The largest absolute Gasteiger partial charge is 0.481 e. The molecule has 6 unspecified atom stereocenters. The van der Waals surface area contributed by atoms with Crippen LogP contribution in [0.4, 0.5) is 0 Å². The Kier molecular flexibility index (Phi) is 8.23. The predicted octanol–water partition coefficient (Wildman–Crippen LogP) is -2.15. The molecule has 10 heteroatoms. The molecule has 0 bridgehead atoms. The number of primary amides is 1. The number of carboxylic acids is 1. The molecular formula is C15H26N2O8. The third-order valence-electron chi connectivity index (χ3n) is 4.35. The highest BCUT2D eigenvalue weighted by atomic mass is 16.5. The molecule has 1 aliphatic carbocycles. The lowest BCUT2D eigenvalue weighted by atomic mass is 9.80. The first-order valence-corrected chi connectivity index (χ1v) is 8.13. The van der Waals surface area contributed by atoms with Crippen LogP contribution in [0.3, 0.4) is 0 Å². The molecule has 0 radical (unpaired) electrons. The number of esters is 1. The molecule has 8 N–H and O–H groups in total. The number of aliphatic hydroxyl groups excluding tert-OH is 3. The standard InChI is InChI=1S/C15H26N2O8/c16-7-1-4-10(13(14(7)23)15(17)24)25-12(22)6-3-9(19)8(18)2-5-11(20)21/h7-10,13-14,18-19,23H,1-6,16H2,(H2,17,24)(H,20,21). The summed E-state index contributed by atoms with van der Waals surface area (Å²) in [5.74, 6) is -3.73. The van der Waals surface area contributed by atoms with Crippen molar-refractivity contribution in [1.29, 1.82) is 0 Å². The maximum Gasteiger partial charge on any atom is 0.306 e. The van der Waals surface area contributed by atoms with Crippen LogP contribution in [0.5, 0.6) is 0 Å². The zero-order valence-electron chi connectivity index (χ0n) is 13.8. The molecule has 25 heavy (non-hydrogen) atoms. The van der Waals surface area contributed by atoms with Gasteiger partial charge in [-0.05, 0) is 25.7 Å². The normalized spacial score (nSPS) is 28.8. The lowest BCUT2D eigenvalue weighted by Crippen LogP contribution is -2.55. The molecule has 0 heterocycles. The predicted molar refractivity (Wildman–Crippen MR) is 83.9 cm³/mol. The van der Waals surface area contributed by atoms with Crippen LogP contribution in [0.1, 0.15) is 38.5 Å². The molecule has 0 saturated heterocycles. The summed E-state index contributed by atoms with van der Waals surface area (Å²) in [6.45, 7) is 0. The van der Waals surface area contributed by atoms with Gasteiger partial charge in [-0.3, -0.25) is 14.4 Å². The molecule has 1 fully saturated rings. The van der Waals surface area contributed by atoms with E-state index < -0.39 is 54.2 Å². The Labute approximate surface area is 144 Å². The van der Waals surface area contributed by atoms with Gasteiger partial charge < -0.3 is 36.6 Å². The Morgan fingerprint density at radius 3 is 2.16 bits per heavy atom.